The molecule has 0 spiro atoms. The molecule has 0 fully saturated rings. The second-order valence-corrected chi connectivity index (χ2v) is 6.72. The molecule has 0 amide bonds. The van der Waals surface area contributed by atoms with Gasteiger partial charge in [0.15, 0.2) is 0 Å². The van der Waals surface area contributed by atoms with Crippen molar-refractivity contribution in [1.29, 1.82) is 0 Å². The van der Waals surface area contributed by atoms with Gasteiger partial charge in [-0.25, -0.2) is 0 Å². The van der Waals surface area contributed by atoms with E-state index in [0.717, 1.165) is 32.1 Å². The number of rotatable bonds is 3. The lowest BCUT2D eigenvalue weighted by Crippen LogP contribution is -2.04. The molecule has 0 atom stereocenters. The first-order valence-corrected chi connectivity index (χ1v) is 8.92. The van der Waals surface area contributed by atoms with Crippen LogP contribution in [-0.4, -0.2) is 0 Å². The van der Waals surface area contributed by atoms with E-state index in [-0.39, 0.29) is 0 Å². The number of hydrogen-bond acceptors (Lipinski definition) is 2. The number of benzene rings is 3. The summed E-state index contributed by atoms with van der Waals surface area (Å²) in [6.07, 6.45) is 0. The van der Waals surface area contributed by atoms with E-state index >= 15 is 0 Å². The molecule has 0 aliphatic heterocycles. The molecule has 0 aliphatic rings. The second kappa shape index (κ2) is 7.08. The van der Waals surface area contributed by atoms with Crippen LogP contribution in [0.15, 0.2) is 98.8 Å². The molecule has 4 aromatic rings. The summed E-state index contributed by atoms with van der Waals surface area (Å²) in [5.74, 6) is 0.822. The molecule has 25 heavy (non-hydrogen) atoms. The Morgan fingerprint density at radius 3 is 2.28 bits per heavy atom. The van der Waals surface area contributed by atoms with Crippen LogP contribution in [0.4, 0.5) is 0 Å². The zero-order valence-corrected chi connectivity index (χ0v) is 15.1. The molecule has 4 rings (SSSR count). The maximum Gasteiger partial charge on any atom is 0.136 e. The highest BCUT2D eigenvalue weighted by molar-refractivity contribution is 9.10. The lowest BCUT2D eigenvalue weighted by molar-refractivity contribution is 0.618. The van der Waals surface area contributed by atoms with Gasteiger partial charge in [0.05, 0.1) is 11.9 Å². The Morgan fingerprint density at radius 2 is 1.52 bits per heavy atom. The van der Waals surface area contributed by atoms with Crippen LogP contribution in [0.5, 0.6) is 0 Å². The largest absolute Gasteiger partial charge is 0.456 e. The van der Waals surface area contributed by atoms with Gasteiger partial charge in [0.2, 0.25) is 0 Å². The molecule has 0 saturated heterocycles. The van der Waals surface area contributed by atoms with Gasteiger partial charge in [-0.05, 0) is 23.8 Å². The summed E-state index contributed by atoms with van der Waals surface area (Å²) in [6, 6.07) is 28.4. The van der Waals surface area contributed by atoms with Gasteiger partial charge in [-0.3, -0.25) is 4.99 Å². The Morgan fingerprint density at radius 1 is 0.800 bits per heavy atom. The third-order valence-corrected chi connectivity index (χ3v) is 4.53. The molecule has 0 radical (unpaired) electrons. The third-order valence-electron chi connectivity index (χ3n) is 4.04. The average Bonchev–Trinajstić information content (AvgIpc) is 2.67. The molecule has 0 N–H and O–H groups in total. The smallest absolute Gasteiger partial charge is 0.136 e. The van der Waals surface area contributed by atoms with Gasteiger partial charge in [-0.1, -0.05) is 76.6 Å². The molecular formula is C22H16BrNO. The molecule has 0 saturated carbocycles. The van der Waals surface area contributed by atoms with E-state index in [1.807, 2.05) is 66.7 Å². The summed E-state index contributed by atoms with van der Waals surface area (Å²) in [5.41, 5.74) is 3.06. The average molecular weight is 390 g/mol. The lowest BCUT2D eigenvalue weighted by Gasteiger charge is -2.06. The van der Waals surface area contributed by atoms with Crippen molar-refractivity contribution in [1.82, 2.24) is 0 Å². The van der Waals surface area contributed by atoms with Crippen molar-refractivity contribution < 1.29 is 4.42 Å². The van der Waals surface area contributed by atoms with Crippen molar-refractivity contribution in [2.75, 3.05) is 0 Å². The van der Waals surface area contributed by atoms with Gasteiger partial charge < -0.3 is 4.42 Å². The normalized spacial score (nSPS) is 11.8. The molecule has 3 heteroatoms. The van der Waals surface area contributed by atoms with Gasteiger partial charge in [0.25, 0.3) is 0 Å². The van der Waals surface area contributed by atoms with Gasteiger partial charge in [0, 0.05) is 21.5 Å². The van der Waals surface area contributed by atoms with E-state index < -0.39 is 0 Å². The van der Waals surface area contributed by atoms with Crippen LogP contribution in [0, 0.1) is 0 Å². The minimum atomic E-state index is 0.640. The van der Waals surface area contributed by atoms with Crippen molar-refractivity contribution in [2.45, 2.75) is 6.54 Å². The van der Waals surface area contributed by atoms with Crippen molar-refractivity contribution in [3.05, 3.63) is 100 Å². The highest BCUT2D eigenvalue weighted by atomic mass is 79.9. The van der Waals surface area contributed by atoms with Crippen molar-refractivity contribution in [3.8, 4) is 11.3 Å². The molecule has 1 heterocycles. The molecule has 3 aromatic carbocycles. The topological polar surface area (TPSA) is 25.5 Å². The summed E-state index contributed by atoms with van der Waals surface area (Å²) >= 11 is 3.54. The first-order chi connectivity index (χ1) is 12.3. The van der Waals surface area contributed by atoms with E-state index in [1.165, 1.54) is 5.56 Å². The van der Waals surface area contributed by atoms with Crippen molar-refractivity contribution in [3.63, 3.8) is 0 Å². The van der Waals surface area contributed by atoms with Crippen LogP contribution in [0.25, 0.3) is 22.3 Å². The minimum Gasteiger partial charge on any atom is -0.456 e. The second-order valence-electron chi connectivity index (χ2n) is 5.80. The zero-order chi connectivity index (χ0) is 17.1. The molecular weight excluding hydrogens is 374 g/mol. The quantitative estimate of drug-likeness (QED) is 0.424. The third kappa shape index (κ3) is 3.57. The summed E-state index contributed by atoms with van der Waals surface area (Å²) in [7, 11) is 0. The summed E-state index contributed by atoms with van der Waals surface area (Å²) in [6.45, 7) is 0.640. The Balaban J connectivity index is 1.89. The Labute approximate surface area is 154 Å². The Bertz CT molecular complexity index is 1070. The predicted molar refractivity (Wildman–Crippen MR) is 105 cm³/mol. The van der Waals surface area contributed by atoms with Crippen LogP contribution < -0.4 is 5.36 Å². The van der Waals surface area contributed by atoms with Crippen LogP contribution in [0.1, 0.15) is 5.56 Å². The predicted octanol–water partition coefficient (Wildman–Crippen LogP) is 5.96. The molecule has 0 aliphatic carbocycles. The Hall–Kier alpha value is -2.65. The number of hydrogen-bond donors (Lipinski definition) is 0. The van der Waals surface area contributed by atoms with E-state index in [1.54, 1.807) is 0 Å². The van der Waals surface area contributed by atoms with E-state index in [4.69, 9.17) is 9.41 Å². The lowest BCUT2D eigenvalue weighted by atomic mass is 10.1. The van der Waals surface area contributed by atoms with Gasteiger partial charge in [0.1, 0.15) is 11.3 Å². The minimum absolute atomic E-state index is 0.640. The fraction of sp³-hybridized carbons (Fsp3) is 0.0455. The van der Waals surface area contributed by atoms with Crippen molar-refractivity contribution >= 4 is 26.9 Å². The van der Waals surface area contributed by atoms with Gasteiger partial charge in [-0.15, -0.1) is 0 Å². The maximum atomic E-state index is 6.11. The Kier molecular flexibility index (Phi) is 4.49. The standard InChI is InChI=1S/C22H16BrNO/c23-18-11-12-21-19(13-18)20(24-15-16-7-3-1-4-8-16)14-22(25-21)17-9-5-2-6-10-17/h1-14H,15H2. The zero-order valence-electron chi connectivity index (χ0n) is 13.5. The number of nitrogens with zero attached hydrogens (tertiary/aromatic N) is 1. The molecule has 0 bridgehead atoms. The maximum absolute atomic E-state index is 6.11. The van der Waals surface area contributed by atoms with Crippen LogP contribution in [-0.2, 0) is 6.54 Å². The SMILES string of the molecule is Brc1ccc2oc(-c3ccccc3)cc(=NCc3ccccc3)c2c1. The summed E-state index contributed by atoms with van der Waals surface area (Å²) < 4.78 is 7.13. The van der Waals surface area contributed by atoms with Gasteiger partial charge in [-0.2, -0.15) is 0 Å². The van der Waals surface area contributed by atoms with Crippen LogP contribution >= 0.6 is 15.9 Å². The van der Waals surface area contributed by atoms with Gasteiger partial charge >= 0.3 is 0 Å². The van der Waals surface area contributed by atoms with Crippen LogP contribution in [0.3, 0.4) is 0 Å². The van der Waals surface area contributed by atoms with Crippen molar-refractivity contribution in [2.24, 2.45) is 4.99 Å². The summed E-state index contributed by atoms with van der Waals surface area (Å²) in [4.78, 5) is 4.85. The molecule has 0 unspecified atom stereocenters. The number of fused-ring (bicyclic) bond motifs is 1. The number of halogens is 1. The first-order valence-electron chi connectivity index (χ1n) is 8.13. The van der Waals surface area contributed by atoms with E-state index in [2.05, 4.69) is 34.1 Å². The fourth-order valence-electron chi connectivity index (χ4n) is 2.78. The molecule has 2 nitrogen and oxygen atoms in total. The van der Waals surface area contributed by atoms with E-state index in [0.29, 0.717) is 6.54 Å². The van der Waals surface area contributed by atoms with E-state index in [9.17, 15) is 0 Å². The molecule has 122 valence electrons. The fourth-order valence-corrected chi connectivity index (χ4v) is 3.14. The monoisotopic (exact) mass is 389 g/mol. The highest BCUT2D eigenvalue weighted by Crippen LogP contribution is 2.24. The van der Waals surface area contributed by atoms with Crippen LogP contribution in [0.2, 0.25) is 0 Å². The molecule has 1 aromatic heterocycles. The first kappa shape index (κ1) is 15.9. The highest BCUT2D eigenvalue weighted by Gasteiger charge is 2.06. The summed E-state index contributed by atoms with van der Waals surface area (Å²) in [5, 5.41) is 1.94.